The van der Waals surface area contributed by atoms with E-state index < -0.39 is 0 Å². The van der Waals surface area contributed by atoms with Crippen molar-refractivity contribution < 1.29 is 0 Å². The van der Waals surface area contributed by atoms with E-state index in [0.717, 1.165) is 34.0 Å². The molecule has 0 N–H and O–H groups in total. The summed E-state index contributed by atoms with van der Waals surface area (Å²) in [6.45, 7) is 18.2. The van der Waals surface area contributed by atoms with Crippen LogP contribution in [-0.4, -0.2) is 43.0 Å². The van der Waals surface area contributed by atoms with Gasteiger partial charge >= 0.3 is 0 Å². The first-order valence-corrected chi connectivity index (χ1v) is 14.2. The number of guanidine groups is 1. The highest BCUT2D eigenvalue weighted by molar-refractivity contribution is 6.02. The molecule has 0 saturated carbocycles. The van der Waals surface area contributed by atoms with E-state index in [0.29, 0.717) is 5.95 Å². The molecule has 1 saturated heterocycles. The Balaban J connectivity index is 1.57. The van der Waals surface area contributed by atoms with Crippen LogP contribution < -0.4 is 4.90 Å². The van der Waals surface area contributed by atoms with Crippen LogP contribution in [0.4, 0.5) is 5.95 Å². The summed E-state index contributed by atoms with van der Waals surface area (Å²) in [6, 6.07) is 31.6. The van der Waals surface area contributed by atoms with Gasteiger partial charge in [-0.25, -0.2) is 15.0 Å². The molecule has 204 valence electrons. The normalized spacial score (nSPS) is 19.9. The van der Waals surface area contributed by atoms with Crippen molar-refractivity contribution in [3.63, 3.8) is 0 Å². The molecule has 5 heteroatoms. The van der Waals surface area contributed by atoms with Crippen molar-refractivity contribution in [2.45, 2.75) is 77.5 Å². The number of fused-ring (bicyclic) bond motifs is 1. The van der Waals surface area contributed by atoms with Gasteiger partial charge in [-0.05, 0) is 78.6 Å². The zero-order valence-corrected chi connectivity index (χ0v) is 24.9. The van der Waals surface area contributed by atoms with E-state index in [9.17, 15) is 0 Å². The second kappa shape index (κ2) is 8.76. The number of hydrogen-bond acceptors (Lipinski definition) is 5. The average molecular weight is 530 g/mol. The molecule has 3 aromatic carbocycles. The van der Waals surface area contributed by atoms with E-state index >= 15 is 0 Å². The number of aliphatic imine (C=N–C) groups is 1. The SMILES string of the molecule is CC1(C)N=C2N(c3nc(-c4ccccc4)cc(-c4cccc(-c5ccccc5)c4)n3)C(C)(C)C(C)(C)N2C1(C)C. The van der Waals surface area contributed by atoms with E-state index in [1.54, 1.807) is 0 Å². The van der Waals surface area contributed by atoms with Crippen molar-refractivity contribution in [1.29, 1.82) is 0 Å². The first-order valence-electron chi connectivity index (χ1n) is 14.2. The van der Waals surface area contributed by atoms with Crippen LogP contribution >= 0.6 is 0 Å². The van der Waals surface area contributed by atoms with Gasteiger partial charge in [0.2, 0.25) is 11.9 Å². The quantitative estimate of drug-likeness (QED) is 0.268. The number of anilines is 1. The van der Waals surface area contributed by atoms with Gasteiger partial charge in [0, 0.05) is 11.1 Å². The van der Waals surface area contributed by atoms with E-state index in [2.05, 4.69) is 144 Å². The maximum absolute atomic E-state index is 5.33. The van der Waals surface area contributed by atoms with Gasteiger partial charge in [0.15, 0.2) is 0 Å². The lowest BCUT2D eigenvalue weighted by molar-refractivity contribution is 0.0528. The minimum Gasteiger partial charge on any atom is -0.327 e. The summed E-state index contributed by atoms with van der Waals surface area (Å²) in [4.78, 5) is 20.6. The van der Waals surface area contributed by atoms with Crippen molar-refractivity contribution in [2.24, 2.45) is 4.99 Å². The van der Waals surface area contributed by atoms with Gasteiger partial charge in [0.05, 0.1) is 33.5 Å². The van der Waals surface area contributed by atoms with Crippen LogP contribution in [0.2, 0.25) is 0 Å². The van der Waals surface area contributed by atoms with Crippen LogP contribution in [0.15, 0.2) is 96.0 Å². The Labute approximate surface area is 238 Å². The Hall–Kier alpha value is -3.99. The molecule has 2 aliphatic heterocycles. The average Bonchev–Trinajstić information content (AvgIpc) is 3.22. The van der Waals surface area contributed by atoms with Crippen molar-refractivity contribution in [3.05, 3.63) is 91.0 Å². The van der Waals surface area contributed by atoms with Gasteiger partial charge in [0.1, 0.15) is 0 Å². The summed E-state index contributed by atoms with van der Waals surface area (Å²) in [7, 11) is 0. The molecule has 2 aliphatic rings. The molecule has 1 fully saturated rings. The van der Waals surface area contributed by atoms with E-state index in [1.165, 1.54) is 5.56 Å². The van der Waals surface area contributed by atoms with Crippen LogP contribution in [0.3, 0.4) is 0 Å². The molecule has 6 rings (SSSR count). The summed E-state index contributed by atoms with van der Waals surface area (Å²) in [5.74, 6) is 1.62. The lowest BCUT2D eigenvalue weighted by Crippen LogP contribution is -2.63. The van der Waals surface area contributed by atoms with E-state index in [1.807, 2.05) is 12.1 Å². The van der Waals surface area contributed by atoms with Crippen molar-refractivity contribution in [2.75, 3.05) is 4.90 Å². The number of benzene rings is 3. The first-order chi connectivity index (χ1) is 18.8. The molecule has 0 amide bonds. The van der Waals surface area contributed by atoms with Crippen LogP contribution in [0.25, 0.3) is 33.6 Å². The lowest BCUT2D eigenvalue weighted by Gasteiger charge is -2.50. The van der Waals surface area contributed by atoms with Crippen LogP contribution in [0.5, 0.6) is 0 Å². The molecular formula is C35H39N5. The molecule has 0 radical (unpaired) electrons. The van der Waals surface area contributed by atoms with Gasteiger partial charge in [-0.15, -0.1) is 0 Å². The Morgan fingerprint density at radius 1 is 0.500 bits per heavy atom. The monoisotopic (exact) mass is 529 g/mol. The third-order valence-corrected chi connectivity index (χ3v) is 9.70. The third kappa shape index (κ3) is 3.78. The molecule has 4 aromatic rings. The number of rotatable bonds is 4. The maximum Gasteiger partial charge on any atom is 0.233 e. The minimum atomic E-state index is -0.321. The Kier molecular flexibility index (Phi) is 5.74. The topological polar surface area (TPSA) is 44.6 Å². The van der Waals surface area contributed by atoms with Crippen LogP contribution in [0.1, 0.15) is 55.4 Å². The maximum atomic E-state index is 5.33. The van der Waals surface area contributed by atoms with Gasteiger partial charge in [-0.2, -0.15) is 0 Å². The van der Waals surface area contributed by atoms with Gasteiger partial charge in [-0.1, -0.05) is 78.9 Å². The van der Waals surface area contributed by atoms with Gasteiger partial charge in [-0.3, -0.25) is 4.90 Å². The highest BCUT2D eigenvalue weighted by Crippen LogP contribution is 2.53. The molecule has 0 unspecified atom stereocenters. The van der Waals surface area contributed by atoms with Crippen LogP contribution in [-0.2, 0) is 0 Å². The predicted octanol–water partition coefficient (Wildman–Crippen LogP) is 8.08. The van der Waals surface area contributed by atoms with Crippen molar-refractivity contribution in [3.8, 4) is 33.6 Å². The van der Waals surface area contributed by atoms with Gasteiger partial charge < -0.3 is 4.90 Å². The van der Waals surface area contributed by atoms with Crippen LogP contribution in [0, 0.1) is 0 Å². The summed E-state index contributed by atoms with van der Waals surface area (Å²) in [5, 5.41) is 0. The zero-order chi connectivity index (χ0) is 28.5. The number of hydrogen-bond donors (Lipinski definition) is 0. The molecular weight excluding hydrogens is 490 g/mol. The smallest absolute Gasteiger partial charge is 0.233 e. The fourth-order valence-electron chi connectivity index (χ4n) is 6.12. The summed E-state index contributed by atoms with van der Waals surface area (Å²) < 4.78 is 0. The second-order valence-electron chi connectivity index (χ2n) is 13.1. The first kappa shape index (κ1) is 26.2. The molecule has 0 aliphatic carbocycles. The third-order valence-electron chi connectivity index (χ3n) is 9.70. The minimum absolute atomic E-state index is 0.179. The summed E-state index contributed by atoms with van der Waals surface area (Å²) >= 11 is 0. The molecule has 0 bridgehead atoms. The fourth-order valence-corrected chi connectivity index (χ4v) is 6.12. The molecule has 1 aromatic heterocycles. The summed E-state index contributed by atoms with van der Waals surface area (Å²) in [5.41, 5.74) is 5.28. The van der Waals surface area contributed by atoms with Crippen molar-refractivity contribution >= 4 is 11.9 Å². The fraction of sp³-hybridized carbons (Fsp3) is 0.343. The Morgan fingerprint density at radius 2 is 1.02 bits per heavy atom. The molecule has 3 heterocycles. The molecule has 40 heavy (non-hydrogen) atoms. The predicted molar refractivity (Wildman–Crippen MR) is 166 cm³/mol. The largest absolute Gasteiger partial charge is 0.327 e. The zero-order valence-electron chi connectivity index (χ0n) is 24.9. The number of aromatic nitrogens is 2. The molecule has 0 atom stereocenters. The van der Waals surface area contributed by atoms with E-state index in [4.69, 9.17) is 15.0 Å². The molecule has 5 nitrogen and oxygen atoms in total. The Bertz CT molecular complexity index is 1600. The van der Waals surface area contributed by atoms with Gasteiger partial charge in [0.25, 0.3) is 0 Å². The summed E-state index contributed by atoms with van der Waals surface area (Å²) in [6.07, 6.45) is 0. The Morgan fingerprint density at radius 3 is 1.65 bits per heavy atom. The lowest BCUT2D eigenvalue weighted by atomic mass is 9.76. The highest BCUT2D eigenvalue weighted by Gasteiger charge is 2.66. The van der Waals surface area contributed by atoms with Crippen molar-refractivity contribution in [1.82, 2.24) is 14.9 Å². The molecule has 0 spiro atoms. The second-order valence-corrected chi connectivity index (χ2v) is 13.1. The standard InChI is InChI=1S/C35H39N5/c1-32(2)33(3,4)40-31(38-32)39(34(5,6)35(40,7)8)30-36-28(25-18-13-10-14-19-25)23-29(37-30)27-21-15-20-26(22-27)24-16-11-9-12-17-24/h9-23H,1-8H3. The highest BCUT2D eigenvalue weighted by atomic mass is 15.6. The van der Waals surface area contributed by atoms with E-state index in [-0.39, 0.29) is 22.2 Å². The number of nitrogens with zero attached hydrogens (tertiary/aromatic N) is 5.